The Morgan fingerprint density at radius 2 is 1.87 bits per heavy atom. The van der Waals surface area contributed by atoms with E-state index in [9.17, 15) is 4.79 Å². The molecule has 0 spiro atoms. The standard InChI is InChI=1S/C22H22Cl2N4OS/c23-18-6-4-15(5-7-18)12-20-26-22(30-27-20)28-10-8-16(9-11-28)14-25-21(29)17-2-1-3-19(24)13-17/h1-7,13,16H,8-12,14H2,(H,25,29). The molecule has 1 saturated heterocycles. The van der Waals surface area contributed by atoms with E-state index in [1.54, 1.807) is 24.3 Å². The van der Waals surface area contributed by atoms with Crippen LogP contribution in [-0.2, 0) is 6.42 Å². The van der Waals surface area contributed by atoms with Crippen molar-refractivity contribution in [3.63, 3.8) is 0 Å². The number of anilines is 1. The summed E-state index contributed by atoms with van der Waals surface area (Å²) in [6.45, 7) is 2.53. The predicted molar refractivity (Wildman–Crippen MR) is 123 cm³/mol. The Labute approximate surface area is 190 Å². The molecule has 1 N–H and O–H groups in total. The van der Waals surface area contributed by atoms with Gasteiger partial charge in [-0.15, -0.1) is 0 Å². The molecule has 1 amide bonds. The number of piperidine rings is 1. The normalized spacial score (nSPS) is 14.7. The first-order valence-corrected chi connectivity index (χ1v) is 11.5. The fraction of sp³-hybridized carbons (Fsp3) is 0.318. The van der Waals surface area contributed by atoms with Gasteiger partial charge in [0.1, 0.15) is 5.82 Å². The lowest BCUT2D eigenvalue weighted by Gasteiger charge is -2.31. The molecule has 0 aliphatic carbocycles. The van der Waals surface area contributed by atoms with Crippen molar-refractivity contribution >= 4 is 45.8 Å². The van der Waals surface area contributed by atoms with Crippen molar-refractivity contribution in [1.82, 2.24) is 14.7 Å². The number of nitrogens with zero attached hydrogens (tertiary/aromatic N) is 3. The minimum Gasteiger partial charge on any atom is -0.352 e. The number of nitrogens with one attached hydrogen (secondary N) is 1. The van der Waals surface area contributed by atoms with E-state index in [2.05, 4.69) is 14.6 Å². The van der Waals surface area contributed by atoms with Gasteiger partial charge in [-0.25, -0.2) is 4.98 Å². The van der Waals surface area contributed by atoms with Crippen LogP contribution in [0.15, 0.2) is 48.5 Å². The lowest BCUT2D eigenvalue weighted by atomic mass is 9.97. The van der Waals surface area contributed by atoms with Crippen LogP contribution in [0.25, 0.3) is 0 Å². The molecule has 1 fully saturated rings. The van der Waals surface area contributed by atoms with Crippen LogP contribution in [0, 0.1) is 5.92 Å². The Bertz CT molecular complexity index is 1000. The Morgan fingerprint density at radius 1 is 1.10 bits per heavy atom. The van der Waals surface area contributed by atoms with Gasteiger partial charge in [0, 0.05) is 53.2 Å². The summed E-state index contributed by atoms with van der Waals surface area (Å²) in [6.07, 6.45) is 2.74. The monoisotopic (exact) mass is 460 g/mol. The molecule has 156 valence electrons. The highest BCUT2D eigenvalue weighted by Gasteiger charge is 2.22. The molecule has 0 saturated carbocycles. The minimum absolute atomic E-state index is 0.0732. The first-order valence-electron chi connectivity index (χ1n) is 9.92. The van der Waals surface area contributed by atoms with Crippen LogP contribution < -0.4 is 10.2 Å². The maximum Gasteiger partial charge on any atom is 0.251 e. The molecular weight excluding hydrogens is 439 g/mol. The van der Waals surface area contributed by atoms with Gasteiger partial charge in [-0.3, -0.25) is 4.79 Å². The van der Waals surface area contributed by atoms with E-state index in [1.807, 2.05) is 24.3 Å². The summed E-state index contributed by atoms with van der Waals surface area (Å²) in [5, 5.41) is 5.31. The second-order valence-electron chi connectivity index (χ2n) is 7.45. The molecule has 1 aliphatic heterocycles. The molecule has 1 aromatic heterocycles. The lowest BCUT2D eigenvalue weighted by molar-refractivity contribution is 0.0945. The number of carbonyl (C=O) groups excluding carboxylic acids is 1. The second-order valence-corrected chi connectivity index (χ2v) is 9.05. The van der Waals surface area contributed by atoms with Crippen molar-refractivity contribution in [3.8, 4) is 0 Å². The van der Waals surface area contributed by atoms with E-state index in [1.165, 1.54) is 11.5 Å². The summed E-state index contributed by atoms with van der Waals surface area (Å²) < 4.78 is 4.52. The number of rotatable bonds is 6. The maximum absolute atomic E-state index is 12.3. The lowest BCUT2D eigenvalue weighted by Crippen LogP contribution is -2.38. The first kappa shape index (κ1) is 21.1. The largest absolute Gasteiger partial charge is 0.352 e. The highest BCUT2D eigenvalue weighted by Crippen LogP contribution is 2.25. The van der Waals surface area contributed by atoms with Gasteiger partial charge in [0.15, 0.2) is 0 Å². The summed E-state index contributed by atoms with van der Waals surface area (Å²) in [7, 11) is 0. The molecule has 8 heteroatoms. The number of amides is 1. The summed E-state index contributed by atoms with van der Waals surface area (Å²) in [5.74, 6) is 1.23. The molecule has 4 rings (SSSR count). The van der Waals surface area contributed by atoms with Crippen molar-refractivity contribution < 1.29 is 4.79 Å². The van der Waals surface area contributed by atoms with Crippen LogP contribution in [0.4, 0.5) is 5.13 Å². The highest BCUT2D eigenvalue weighted by molar-refractivity contribution is 7.09. The van der Waals surface area contributed by atoms with Crippen molar-refractivity contribution in [2.75, 3.05) is 24.5 Å². The van der Waals surface area contributed by atoms with E-state index < -0.39 is 0 Å². The van der Waals surface area contributed by atoms with Crippen LogP contribution in [0.5, 0.6) is 0 Å². The van der Waals surface area contributed by atoms with Crippen LogP contribution >= 0.6 is 34.7 Å². The van der Waals surface area contributed by atoms with Gasteiger partial charge in [-0.05, 0) is 54.7 Å². The van der Waals surface area contributed by atoms with Gasteiger partial charge < -0.3 is 10.2 Å². The molecule has 2 aromatic carbocycles. The topological polar surface area (TPSA) is 58.1 Å². The molecule has 0 unspecified atom stereocenters. The van der Waals surface area contributed by atoms with Crippen molar-refractivity contribution in [1.29, 1.82) is 0 Å². The first-order chi connectivity index (χ1) is 14.6. The average Bonchev–Trinajstić information content (AvgIpc) is 3.22. The van der Waals surface area contributed by atoms with Crippen LogP contribution in [0.3, 0.4) is 0 Å². The number of halogens is 2. The number of aromatic nitrogens is 2. The Morgan fingerprint density at radius 3 is 2.60 bits per heavy atom. The minimum atomic E-state index is -0.0732. The third kappa shape index (κ3) is 5.50. The summed E-state index contributed by atoms with van der Waals surface area (Å²) in [5.41, 5.74) is 1.75. The van der Waals surface area contributed by atoms with Gasteiger partial charge in [-0.1, -0.05) is 41.4 Å². The fourth-order valence-corrected chi connectivity index (χ4v) is 4.58. The average molecular weight is 461 g/mol. The number of benzene rings is 2. The molecule has 3 aromatic rings. The summed E-state index contributed by atoms with van der Waals surface area (Å²) in [4.78, 5) is 19.3. The molecule has 30 heavy (non-hydrogen) atoms. The molecule has 1 aliphatic rings. The van der Waals surface area contributed by atoms with Crippen molar-refractivity contribution in [3.05, 3.63) is 75.5 Å². The van der Waals surface area contributed by atoms with Crippen LogP contribution in [0.2, 0.25) is 10.0 Å². The van der Waals surface area contributed by atoms with Crippen LogP contribution in [0.1, 0.15) is 34.6 Å². The maximum atomic E-state index is 12.3. The van der Waals surface area contributed by atoms with Gasteiger partial charge in [0.2, 0.25) is 5.13 Å². The van der Waals surface area contributed by atoms with Gasteiger partial charge in [-0.2, -0.15) is 4.37 Å². The Hall–Kier alpha value is -2.15. The van der Waals surface area contributed by atoms with Crippen molar-refractivity contribution in [2.45, 2.75) is 19.3 Å². The number of carbonyl (C=O) groups is 1. The molecule has 2 heterocycles. The Kier molecular flexibility index (Phi) is 6.87. The van der Waals surface area contributed by atoms with E-state index in [0.29, 0.717) is 29.5 Å². The molecule has 0 radical (unpaired) electrons. The van der Waals surface area contributed by atoms with E-state index in [-0.39, 0.29) is 5.91 Å². The van der Waals surface area contributed by atoms with E-state index >= 15 is 0 Å². The smallest absolute Gasteiger partial charge is 0.251 e. The fourth-order valence-electron chi connectivity index (χ4n) is 3.53. The predicted octanol–water partition coefficient (Wildman–Crippen LogP) is 5.08. The van der Waals surface area contributed by atoms with Gasteiger partial charge in [0.05, 0.1) is 0 Å². The molecular formula is C22H22Cl2N4OS. The van der Waals surface area contributed by atoms with E-state index in [4.69, 9.17) is 28.2 Å². The SMILES string of the molecule is O=C(NCC1CCN(c2nc(Cc3ccc(Cl)cc3)ns2)CC1)c1cccc(Cl)c1. The third-order valence-corrected chi connectivity index (χ3v) is 6.56. The second kappa shape index (κ2) is 9.77. The summed E-state index contributed by atoms with van der Waals surface area (Å²) >= 11 is 13.4. The number of hydrogen-bond donors (Lipinski definition) is 1. The third-order valence-electron chi connectivity index (χ3n) is 5.26. The van der Waals surface area contributed by atoms with Crippen molar-refractivity contribution in [2.24, 2.45) is 5.92 Å². The zero-order chi connectivity index (χ0) is 20.9. The summed E-state index contributed by atoms with van der Waals surface area (Å²) in [6, 6.07) is 14.8. The molecule has 0 bridgehead atoms. The number of hydrogen-bond acceptors (Lipinski definition) is 5. The molecule has 0 atom stereocenters. The quantitative estimate of drug-likeness (QED) is 0.556. The molecule has 5 nitrogen and oxygen atoms in total. The van der Waals surface area contributed by atoms with E-state index in [0.717, 1.165) is 47.5 Å². The van der Waals surface area contributed by atoms with Crippen LogP contribution in [-0.4, -0.2) is 34.9 Å². The highest BCUT2D eigenvalue weighted by atomic mass is 35.5. The Balaban J connectivity index is 1.25. The zero-order valence-corrected chi connectivity index (χ0v) is 18.7. The van der Waals surface area contributed by atoms with Gasteiger partial charge >= 0.3 is 0 Å². The van der Waals surface area contributed by atoms with Gasteiger partial charge in [0.25, 0.3) is 5.91 Å². The zero-order valence-electron chi connectivity index (χ0n) is 16.4.